The van der Waals surface area contributed by atoms with Gasteiger partial charge in [0, 0.05) is 16.0 Å². The van der Waals surface area contributed by atoms with Crippen molar-refractivity contribution in [3.05, 3.63) is 28.2 Å². The smallest absolute Gasteiger partial charge is 0.326 e. The Labute approximate surface area is 160 Å². The van der Waals surface area contributed by atoms with Crippen LogP contribution in [0.4, 0.5) is 0 Å². The average Bonchev–Trinajstić information content (AvgIpc) is 3.11. The van der Waals surface area contributed by atoms with E-state index in [-0.39, 0.29) is 6.61 Å². The van der Waals surface area contributed by atoms with Crippen molar-refractivity contribution in [2.24, 2.45) is 11.3 Å². The van der Waals surface area contributed by atoms with Gasteiger partial charge in [-0.25, -0.2) is 0 Å². The second-order valence-electron chi connectivity index (χ2n) is 6.67. The summed E-state index contributed by atoms with van der Waals surface area (Å²) in [6.07, 6.45) is 2.78. The molecule has 0 radical (unpaired) electrons. The van der Waals surface area contributed by atoms with Crippen molar-refractivity contribution >= 4 is 33.8 Å². The third-order valence-electron chi connectivity index (χ3n) is 5.33. The molecule has 1 aromatic carbocycles. The van der Waals surface area contributed by atoms with E-state index >= 15 is 0 Å². The molecule has 6 nitrogen and oxygen atoms in total. The van der Waals surface area contributed by atoms with Gasteiger partial charge in [-0.2, -0.15) is 0 Å². The summed E-state index contributed by atoms with van der Waals surface area (Å²) in [5.41, 5.74) is -0.287. The van der Waals surface area contributed by atoms with Crippen LogP contribution in [0.1, 0.15) is 44.1 Å². The van der Waals surface area contributed by atoms with E-state index in [4.69, 9.17) is 14.2 Å². The van der Waals surface area contributed by atoms with E-state index in [1.165, 1.54) is 7.11 Å². The zero-order valence-electron chi connectivity index (χ0n) is 14.7. The van der Waals surface area contributed by atoms with Gasteiger partial charge in [-0.05, 0) is 38.0 Å². The number of hydrogen-bond acceptors (Lipinski definition) is 6. The van der Waals surface area contributed by atoms with Crippen LogP contribution >= 0.6 is 15.9 Å². The van der Waals surface area contributed by atoms with Crippen LogP contribution in [0.5, 0.6) is 5.75 Å². The number of carbonyl (C=O) groups excluding carboxylic acids is 3. The monoisotopic (exact) mass is 424 g/mol. The lowest BCUT2D eigenvalue weighted by Gasteiger charge is -2.41. The fourth-order valence-corrected chi connectivity index (χ4v) is 4.65. The summed E-state index contributed by atoms with van der Waals surface area (Å²) >= 11 is 3.43. The lowest BCUT2D eigenvalue weighted by atomic mass is 9.64. The molecular formula is C19H21BrO6. The van der Waals surface area contributed by atoms with Gasteiger partial charge >= 0.3 is 17.9 Å². The van der Waals surface area contributed by atoms with E-state index in [1.54, 1.807) is 19.1 Å². The van der Waals surface area contributed by atoms with E-state index in [9.17, 15) is 14.4 Å². The molecule has 0 N–H and O–H groups in total. The van der Waals surface area contributed by atoms with Gasteiger partial charge in [0.15, 0.2) is 5.92 Å². The van der Waals surface area contributed by atoms with Crippen molar-refractivity contribution in [3.63, 3.8) is 0 Å². The van der Waals surface area contributed by atoms with Crippen LogP contribution in [0.25, 0.3) is 0 Å². The van der Waals surface area contributed by atoms with Gasteiger partial charge in [0.05, 0.1) is 19.1 Å². The number of rotatable bonds is 4. The van der Waals surface area contributed by atoms with E-state index < -0.39 is 35.2 Å². The molecule has 1 saturated carbocycles. The second kappa shape index (κ2) is 7.39. The third kappa shape index (κ3) is 3.02. The molecule has 0 amide bonds. The van der Waals surface area contributed by atoms with E-state index in [2.05, 4.69) is 15.9 Å². The van der Waals surface area contributed by atoms with E-state index in [0.717, 1.165) is 17.3 Å². The molecule has 7 heteroatoms. The molecular weight excluding hydrogens is 404 g/mol. The maximum atomic E-state index is 12.8. The van der Waals surface area contributed by atoms with Gasteiger partial charge in [0.25, 0.3) is 0 Å². The Kier molecular flexibility index (Phi) is 5.37. The minimum absolute atomic E-state index is 0.145. The van der Waals surface area contributed by atoms with Gasteiger partial charge in [0.1, 0.15) is 5.75 Å². The van der Waals surface area contributed by atoms with Gasteiger partial charge in [-0.3, -0.25) is 14.4 Å². The van der Waals surface area contributed by atoms with Crippen molar-refractivity contribution < 1.29 is 28.6 Å². The SMILES string of the molecule is CCOC(=O)[C@H]1C(=O)Oc2ccc(Br)cc2[C@@H]1C1(C(=O)OC)CCCC1. The molecule has 1 aliphatic heterocycles. The Balaban J connectivity index is 2.20. The molecule has 1 aromatic rings. The van der Waals surface area contributed by atoms with Crippen LogP contribution in [0.2, 0.25) is 0 Å². The molecule has 0 bridgehead atoms. The van der Waals surface area contributed by atoms with Crippen molar-refractivity contribution in [2.45, 2.75) is 38.5 Å². The minimum atomic E-state index is -1.19. The average molecular weight is 425 g/mol. The van der Waals surface area contributed by atoms with Gasteiger partial charge in [-0.1, -0.05) is 28.8 Å². The number of esters is 3. The van der Waals surface area contributed by atoms with E-state index in [0.29, 0.717) is 24.2 Å². The zero-order chi connectivity index (χ0) is 18.9. The summed E-state index contributed by atoms with van der Waals surface area (Å²) in [5.74, 6) is -3.23. The number of fused-ring (bicyclic) bond motifs is 1. The standard InChI is InChI=1S/C19H21BrO6/c1-3-25-16(21)14-15(19(18(23)24-2)8-4-5-9-19)12-10-11(20)6-7-13(12)26-17(14)22/h6-7,10,14-15H,3-5,8-9H2,1-2H3/t14-,15-/m0/s1. The van der Waals surface area contributed by atoms with Crippen molar-refractivity contribution in [1.82, 2.24) is 0 Å². The lowest BCUT2D eigenvalue weighted by molar-refractivity contribution is -0.166. The molecule has 0 spiro atoms. The highest BCUT2D eigenvalue weighted by molar-refractivity contribution is 9.10. The van der Waals surface area contributed by atoms with Crippen LogP contribution in [-0.4, -0.2) is 31.6 Å². The number of ether oxygens (including phenoxy) is 3. The summed E-state index contributed by atoms with van der Waals surface area (Å²) in [5, 5.41) is 0. The van der Waals surface area contributed by atoms with Crippen LogP contribution in [0.3, 0.4) is 0 Å². The Hall–Kier alpha value is -1.89. The van der Waals surface area contributed by atoms with Crippen LogP contribution in [-0.2, 0) is 23.9 Å². The Morgan fingerprint density at radius 3 is 2.62 bits per heavy atom. The third-order valence-corrected chi connectivity index (χ3v) is 5.82. The van der Waals surface area contributed by atoms with Crippen molar-refractivity contribution in [3.8, 4) is 5.75 Å². The van der Waals surface area contributed by atoms with E-state index in [1.807, 2.05) is 6.07 Å². The summed E-state index contributed by atoms with van der Waals surface area (Å²) < 4.78 is 16.4. The van der Waals surface area contributed by atoms with Gasteiger partial charge < -0.3 is 14.2 Å². The molecule has 3 rings (SSSR count). The summed E-state index contributed by atoms with van der Waals surface area (Å²) in [6, 6.07) is 5.24. The molecule has 2 atom stereocenters. The zero-order valence-corrected chi connectivity index (χ0v) is 16.3. The Morgan fingerprint density at radius 2 is 2.00 bits per heavy atom. The number of hydrogen-bond donors (Lipinski definition) is 0. The predicted octanol–water partition coefficient (Wildman–Crippen LogP) is 3.36. The van der Waals surface area contributed by atoms with Crippen molar-refractivity contribution in [2.75, 3.05) is 13.7 Å². The normalized spacial score (nSPS) is 23.7. The molecule has 0 unspecified atom stereocenters. The molecule has 1 aliphatic carbocycles. The summed E-state index contributed by atoms with van der Waals surface area (Å²) in [6.45, 7) is 1.82. The highest BCUT2D eigenvalue weighted by atomic mass is 79.9. The molecule has 2 aliphatic rings. The molecule has 1 fully saturated rings. The van der Waals surface area contributed by atoms with Crippen LogP contribution in [0.15, 0.2) is 22.7 Å². The fourth-order valence-electron chi connectivity index (χ4n) is 4.28. The second-order valence-corrected chi connectivity index (χ2v) is 7.58. The van der Waals surface area contributed by atoms with Crippen LogP contribution in [0, 0.1) is 11.3 Å². The maximum absolute atomic E-state index is 12.8. The summed E-state index contributed by atoms with van der Waals surface area (Å²) in [7, 11) is 1.34. The summed E-state index contributed by atoms with van der Waals surface area (Å²) in [4.78, 5) is 38.2. The highest BCUT2D eigenvalue weighted by Gasteiger charge is 2.58. The first-order valence-corrected chi connectivity index (χ1v) is 9.50. The molecule has 140 valence electrons. The van der Waals surface area contributed by atoms with Gasteiger partial charge in [0.2, 0.25) is 0 Å². The molecule has 26 heavy (non-hydrogen) atoms. The molecule has 1 heterocycles. The molecule has 0 aromatic heterocycles. The maximum Gasteiger partial charge on any atom is 0.326 e. The van der Waals surface area contributed by atoms with Crippen LogP contribution < -0.4 is 4.74 Å². The number of halogens is 1. The van der Waals surface area contributed by atoms with Gasteiger partial charge in [-0.15, -0.1) is 0 Å². The first-order chi connectivity index (χ1) is 12.4. The fraction of sp³-hybridized carbons (Fsp3) is 0.526. The first-order valence-electron chi connectivity index (χ1n) is 8.71. The topological polar surface area (TPSA) is 78.9 Å². The largest absolute Gasteiger partial charge is 0.469 e. The highest BCUT2D eigenvalue weighted by Crippen LogP contribution is 2.56. The van der Waals surface area contributed by atoms with Crippen molar-refractivity contribution in [1.29, 1.82) is 0 Å². The quantitative estimate of drug-likeness (QED) is 0.418. The predicted molar refractivity (Wildman–Crippen MR) is 95.6 cm³/mol. The number of methoxy groups -OCH3 is 1. The molecule has 0 saturated heterocycles. The number of benzene rings is 1. The Morgan fingerprint density at radius 1 is 1.31 bits per heavy atom. The Bertz CT molecular complexity index is 738. The first kappa shape index (κ1) is 18.9. The minimum Gasteiger partial charge on any atom is -0.469 e. The lowest BCUT2D eigenvalue weighted by Crippen LogP contribution is -2.48. The number of carbonyl (C=O) groups is 3.